The zero-order chi connectivity index (χ0) is 19.4. The maximum atomic E-state index is 13.3. The van der Waals surface area contributed by atoms with Gasteiger partial charge in [0, 0.05) is 36.8 Å². The minimum absolute atomic E-state index is 0.0243. The Labute approximate surface area is 160 Å². The van der Waals surface area contributed by atoms with Crippen molar-refractivity contribution in [1.82, 2.24) is 5.32 Å². The molecule has 1 fully saturated rings. The highest BCUT2D eigenvalue weighted by atomic mass is 35.5. The predicted molar refractivity (Wildman–Crippen MR) is 98.6 cm³/mol. The predicted octanol–water partition coefficient (Wildman–Crippen LogP) is 3.87. The molecule has 1 amide bonds. The van der Waals surface area contributed by atoms with Gasteiger partial charge in [-0.3, -0.25) is 14.9 Å². The lowest BCUT2D eigenvalue weighted by Crippen LogP contribution is -2.44. The monoisotopic (exact) mass is 392 g/mol. The zero-order valence-corrected chi connectivity index (χ0v) is 15.2. The van der Waals surface area contributed by atoms with Crippen LogP contribution in [-0.4, -0.2) is 30.6 Å². The van der Waals surface area contributed by atoms with Crippen LogP contribution < -0.4 is 5.32 Å². The van der Waals surface area contributed by atoms with Gasteiger partial charge in [0.05, 0.1) is 4.92 Å². The van der Waals surface area contributed by atoms with Gasteiger partial charge in [-0.05, 0) is 42.7 Å². The number of halogens is 2. The second kappa shape index (κ2) is 8.02. The molecule has 0 radical (unpaired) electrons. The summed E-state index contributed by atoms with van der Waals surface area (Å²) in [6, 6.07) is 10.2. The van der Waals surface area contributed by atoms with Gasteiger partial charge in [-0.1, -0.05) is 23.7 Å². The van der Waals surface area contributed by atoms with Crippen molar-refractivity contribution in [3.05, 3.63) is 74.5 Å². The largest absolute Gasteiger partial charge is 0.381 e. The first-order valence-electron chi connectivity index (χ1n) is 8.47. The van der Waals surface area contributed by atoms with E-state index >= 15 is 0 Å². The van der Waals surface area contributed by atoms with Crippen LogP contribution in [0.25, 0.3) is 0 Å². The third-order valence-electron chi connectivity index (χ3n) is 4.90. The summed E-state index contributed by atoms with van der Waals surface area (Å²) in [6.07, 6.45) is 1.36. The quantitative estimate of drug-likeness (QED) is 0.618. The lowest BCUT2D eigenvalue weighted by atomic mass is 9.74. The van der Waals surface area contributed by atoms with Crippen LogP contribution in [0.1, 0.15) is 28.8 Å². The Morgan fingerprint density at radius 1 is 1.22 bits per heavy atom. The van der Waals surface area contributed by atoms with Crippen molar-refractivity contribution in [3.63, 3.8) is 0 Å². The molecule has 1 aliphatic heterocycles. The van der Waals surface area contributed by atoms with E-state index in [4.69, 9.17) is 16.3 Å². The summed E-state index contributed by atoms with van der Waals surface area (Å²) < 4.78 is 18.7. The first kappa shape index (κ1) is 19.3. The first-order valence-corrected chi connectivity index (χ1v) is 8.85. The summed E-state index contributed by atoms with van der Waals surface area (Å²) in [7, 11) is 0. The number of carbonyl (C=O) groups excluding carboxylic acids is 1. The van der Waals surface area contributed by atoms with Gasteiger partial charge in [0.2, 0.25) is 0 Å². The van der Waals surface area contributed by atoms with Crippen molar-refractivity contribution in [1.29, 1.82) is 0 Å². The number of rotatable bonds is 5. The van der Waals surface area contributed by atoms with Gasteiger partial charge in [0.15, 0.2) is 0 Å². The van der Waals surface area contributed by atoms with Crippen molar-refractivity contribution < 1.29 is 18.8 Å². The standard InChI is InChI=1S/C19H18ClFN2O4/c20-16-6-1-13(11-17(16)23(25)26)18(24)22-12-19(7-9-27-10-8-19)14-2-4-15(21)5-3-14/h1-6,11H,7-10,12H2,(H,22,24). The topological polar surface area (TPSA) is 81.5 Å². The van der Waals surface area contributed by atoms with Gasteiger partial charge < -0.3 is 10.1 Å². The van der Waals surface area contributed by atoms with Crippen molar-refractivity contribution in [2.45, 2.75) is 18.3 Å². The third-order valence-corrected chi connectivity index (χ3v) is 5.22. The van der Waals surface area contributed by atoms with E-state index in [1.807, 2.05) is 0 Å². The zero-order valence-electron chi connectivity index (χ0n) is 14.4. The van der Waals surface area contributed by atoms with E-state index in [0.717, 1.165) is 11.6 Å². The molecule has 8 heteroatoms. The van der Waals surface area contributed by atoms with E-state index < -0.39 is 10.8 Å². The van der Waals surface area contributed by atoms with E-state index in [2.05, 4.69) is 5.32 Å². The average molecular weight is 393 g/mol. The molecule has 0 bridgehead atoms. The molecule has 0 unspecified atom stereocenters. The molecule has 0 aromatic heterocycles. The highest BCUT2D eigenvalue weighted by molar-refractivity contribution is 6.32. The Morgan fingerprint density at radius 3 is 2.52 bits per heavy atom. The molecule has 2 aromatic rings. The minimum Gasteiger partial charge on any atom is -0.381 e. The Bertz CT molecular complexity index is 851. The van der Waals surface area contributed by atoms with Crippen molar-refractivity contribution in [2.75, 3.05) is 19.8 Å². The number of hydrogen-bond donors (Lipinski definition) is 1. The second-order valence-corrected chi connectivity index (χ2v) is 6.91. The van der Waals surface area contributed by atoms with Crippen molar-refractivity contribution in [2.24, 2.45) is 0 Å². The lowest BCUT2D eigenvalue weighted by Gasteiger charge is -2.38. The minimum atomic E-state index is -0.627. The van der Waals surface area contributed by atoms with Crippen LogP contribution in [0.15, 0.2) is 42.5 Å². The summed E-state index contributed by atoms with van der Waals surface area (Å²) in [6.45, 7) is 1.40. The SMILES string of the molecule is O=C(NCC1(c2ccc(F)cc2)CCOCC1)c1ccc(Cl)c([N+](=O)[O-])c1. The Morgan fingerprint density at radius 2 is 1.89 bits per heavy atom. The molecular formula is C19H18ClFN2O4. The Balaban J connectivity index is 1.79. The van der Waals surface area contributed by atoms with Gasteiger partial charge in [-0.25, -0.2) is 4.39 Å². The smallest absolute Gasteiger partial charge is 0.288 e. The maximum absolute atomic E-state index is 13.3. The molecule has 142 valence electrons. The fourth-order valence-corrected chi connectivity index (χ4v) is 3.47. The molecule has 0 aliphatic carbocycles. The first-order chi connectivity index (χ1) is 12.9. The third kappa shape index (κ3) is 4.26. The van der Waals surface area contributed by atoms with Gasteiger partial charge in [0.1, 0.15) is 10.8 Å². The molecule has 1 heterocycles. The Kier molecular flexibility index (Phi) is 5.72. The molecule has 0 atom stereocenters. The summed E-state index contributed by atoms with van der Waals surface area (Å²) in [5, 5.41) is 13.8. The van der Waals surface area contributed by atoms with Crippen LogP contribution in [0, 0.1) is 15.9 Å². The molecular weight excluding hydrogens is 375 g/mol. The molecule has 6 nitrogen and oxygen atoms in total. The number of benzene rings is 2. The number of ether oxygens (including phenoxy) is 1. The summed E-state index contributed by atoms with van der Waals surface area (Å²) in [5.74, 6) is -0.749. The number of nitrogens with one attached hydrogen (secondary N) is 1. The van der Waals surface area contributed by atoms with Crippen LogP contribution in [0.4, 0.5) is 10.1 Å². The van der Waals surface area contributed by atoms with Crippen molar-refractivity contribution in [3.8, 4) is 0 Å². The van der Waals surface area contributed by atoms with Crippen LogP contribution in [0.5, 0.6) is 0 Å². The number of nitrogens with zero attached hydrogens (tertiary/aromatic N) is 1. The van der Waals surface area contributed by atoms with E-state index in [9.17, 15) is 19.3 Å². The summed E-state index contributed by atoms with van der Waals surface area (Å²) in [4.78, 5) is 22.9. The summed E-state index contributed by atoms with van der Waals surface area (Å²) >= 11 is 5.79. The number of nitro benzene ring substituents is 1. The van der Waals surface area contributed by atoms with Crippen LogP contribution in [0.3, 0.4) is 0 Å². The van der Waals surface area contributed by atoms with Gasteiger partial charge in [-0.15, -0.1) is 0 Å². The normalized spacial score (nSPS) is 15.9. The molecule has 1 N–H and O–H groups in total. The van der Waals surface area contributed by atoms with E-state index in [0.29, 0.717) is 32.6 Å². The molecule has 3 rings (SSSR count). The van der Waals surface area contributed by atoms with Gasteiger partial charge in [0.25, 0.3) is 11.6 Å². The highest BCUT2D eigenvalue weighted by Gasteiger charge is 2.35. The molecule has 0 spiro atoms. The van der Waals surface area contributed by atoms with Crippen LogP contribution >= 0.6 is 11.6 Å². The van der Waals surface area contributed by atoms with Crippen molar-refractivity contribution >= 4 is 23.2 Å². The average Bonchev–Trinajstić information content (AvgIpc) is 2.67. The fraction of sp³-hybridized carbons (Fsp3) is 0.316. The van der Waals surface area contributed by atoms with Crippen LogP contribution in [-0.2, 0) is 10.2 Å². The number of hydrogen-bond acceptors (Lipinski definition) is 4. The highest BCUT2D eigenvalue weighted by Crippen LogP contribution is 2.34. The number of carbonyl (C=O) groups is 1. The van der Waals surface area contributed by atoms with E-state index in [-0.39, 0.29) is 27.5 Å². The van der Waals surface area contributed by atoms with Gasteiger partial charge >= 0.3 is 0 Å². The molecule has 2 aromatic carbocycles. The number of nitro groups is 1. The second-order valence-electron chi connectivity index (χ2n) is 6.51. The van der Waals surface area contributed by atoms with Crippen LogP contribution in [0.2, 0.25) is 5.02 Å². The van der Waals surface area contributed by atoms with Gasteiger partial charge in [-0.2, -0.15) is 0 Å². The number of amides is 1. The molecule has 27 heavy (non-hydrogen) atoms. The van der Waals surface area contributed by atoms with E-state index in [1.165, 1.54) is 24.3 Å². The maximum Gasteiger partial charge on any atom is 0.288 e. The molecule has 1 saturated heterocycles. The summed E-state index contributed by atoms with van der Waals surface area (Å²) in [5.41, 5.74) is 0.394. The molecule has 0 saturated carbocycles. The fourth-order valence-electron chi connectivity index (χ4n) is 3.28. The lowest BCUT2D eigenvalue weighted by molar-refractivity contribution is -0.384. The Hall–Kier alpha value is -2.51. The van der Waals surface area contributed by atoms with E-state index in [1.54, 1.807) is 12.1 Å². The molecule has 1 aliphatic rings.